The predicted molar refractivity (Wildman–Crippen MR) is 157 cm³/mol. The molecule has 10 heteroatoms. The summed E-state index contributed by atoms with van der Waals surface area (Å²) in [5.74, 6) is 1.23. The van der Waals surface area contributed by atoms with Crippen LogP contribution in [0, 0.1) is 11.8 Å². The molecule has 0 bridgehead atoms. The smallest absolute Gasteiger partial charge is 0.494 e. The fourth-order valence-electron chi connectivity index (χ4n) is 5.08. The number of hydrogen-bond donors (Lipinski definition) is 2. The molecule has 2 rings (SSSR count). The standard InChI is InChI=1S/C30H49NO8Si/c1-4-37-40(38-5-2,39-6-3)24-8-21-31-30(34)36-22-7-9-25-10-12-27(13-11-25)20-23-35-28-17-14-26(15-18-28)16-19-29(32)33/h14-19,25,27H,4-13,20-24H2,1-3H3,(H,31,34)(H,32,33)/b19-16+. The Morgan fingerprint density at radius 3 is 2.08 bits per heavy atom. The molecule has 226 valence electrons. The van der Waals surface area contributed by atoms with Crippen LogP contribution in [0.5, 0.6) is 5.75 Å². The summed E-state index contributed by atoms with van der Waals surface area (Å²) in [5, 5.41) is 11.5. The molecule has 0 atom stereocenters. The Morgan fingerprint density at radius 1 is 0.900 bits per heavy atom. The molecular formula is C30H49NO8Si. The lowest BCUT2D eigenvalue weighted by Crippen LogP contribution is -2.46. The monoisotopic (exact) mass is 579 g/mol. The molecule has 1 amide bonds. The first kappa shape index (κ1) is 33.8. The zero-order chi connectivity index (χ0) is 29.1. The van der Waals surface area contributed by atoms with Crippen molar-refractivity contribution in [2.45, 2.75) is 78.2 Å². The van der Waals surface area contributed by atoms with E-state index in [0.717, 1.165) is 36.7 Å². The van der Waals surface area contributed by atoms with Gasteiger partial charge in [-0.2, -0.15) is 0 Å². The van der Waals surface area contributed by atoms with Gasteiger partial charge in [0.25, 0.3) is 0 Å². The highest BCUT2D eigenvalue weighted by atomic mass is 28.4. The Hall–Kier alpha value is -2.40. The lowest BCUT2D eigenvalue weighted by molar-refractivity contribution is -0.131. The first-order chi connectivity index (χ1) is 19.4. The van der Waals surface area contributed by atoms with Crippen molar-refractivity contribution in [3.63, 3.8) is 0 Å². The van der Waals surface area contributed by atoms with Gasteiger partial charge in [-0.3, -0.25) is 0 Å². The summed E-state index contributed by atoms with van der Waals surface area (Å²) in [6, 6.07) is 8.13. The Labute approximate surface area is 240 Å². The van der Waals surface area contributed by atoms with Crippen LogP contribution < -0.4 is 10.1 Å². The zero-order valence-corrected chi connectivity index (χ0v) is 25.5. The third-order valence-electron chi connectivity index (χ3n) is 7.07. The van der Waals surface area contributed by atoms with Crippen LogP contribution in [0.2, 0.25) is 6.04 Å². The number of nitrogens with one attached hydrogen (secondary N) is 1. The molecule has 1 saturated carbocycles. The molecule has 0 saturated heterocycles. The molecule has 40 heavy (non-hydrogen) atoms. The molecule has 0 heterocycles. The Balaban J connectivity index is 1.51. The van der Waals surface area contributed by atoms with Crippen molar-refractivity contribution in [1.29, 1.82) is 0 Å². The minimum Gasteiger partial charge on any atom is -0.494 e. The van der Waals surface area contributed by atoms with E-state index in [1.165, 1.54) is 25.7 Å². The fraction of sp³-hybridized carbons (Fsp3) is 0.667. The van der Waals surface area contributed by atoms with E-state index in [-0.39, 0.29) is 6.09 Å². The van der Waals surface area contributed by atoms with E-state index in [9.17, 15) is 9.59 Å². The maximum atomic E-state index is 12.1. The van der Waals surface area contributed by atoms with Gasteiger partial charge in [-0.15, -0.1) is 0 Å². The molecule has 0 spiro atoms. The third kappa shape index (κ3) is 13.8. The van der Waals surface area contributed by atoms with Crippen molar-refractivity contribution in [2.75, 3.05) is 39.6 Å². The first-order valence-corrected chi connectivity index (χ1v) is 16.8. The summed E-state index contributed by atoms with van der Waals surface area (Å²) in [7, 11) is -2.67. The Bertz CT molecular complexity index is 854. The van der Waals surface area contributed by atoms with Gasteiger partial charge in [0.2, 0.25) is 0 Å². The highest BCUT2D eigenvalue weighted by Gasteiger charge is 2.39. The molecule has 0 aliphatic heterocycles. The second-order valence-electron chi connectivity index (χ2n) is 10.1. The minimum absolute atomic E-state index is 0.369. The van der Waals surface area contributed by atoms with Crippen molar-refractivity contribution in [2.24, 2.45) is 11.8 Å². The summed E-state index contributed by atoms with van der Waals surface area (Å²) < 4.78 is 28.8. The van der Waals surface area contributed by atoms with Gasteiger partial charge in [-0.1, -0.05) is 37.8 Å². The second kappa shape index (κ2) is 19.6. The van der Waals surface area contributed by atoms with Crippen molar-refractivity contribution in [1.82, 2.24) is 5.32 Å². The van der Waals surface area contributed by atoms with Crippen LogP contribution in [0.25, 0.3) is 6.08 Å². The van der Waals surface area contributed by atoms with E-state index < -0.39 is 14.8 Å². The fourth-order valence-corrected chi connectivity index (χ4v) is 7.69. The van der Waals surface area contributed by atoms with Crippen LogP contribution in [0.15, 0.2) is 30.3 Å². The van der Waals surface area contributed by atoms with E-state index in [1.54, 1.807) is 6.08 Å². The molecular weight excluding hydrogens is 530 g/mol. The summed E-state index contributed by atoms with van der Waals surface area (Å²) in [4.78, 5) is 22.7. The number of amides is 1. The van der Waals surface area contributed by atoms with Crippen LogP contribution in [-0.4, -0.2) is 65.6 Å². The molecule has 0 aromatic heterocycles. The van der Waals surface area contributed by atoms with Crippen molar-refractivity contribution < 1.29 is 37.4 Å². The summed E-state index contributed by atoms with van der Waals surface area (Å²) in [6.45, 7) is 9.09. The number of aliphatic carboxylic acids is 1. The third-order valence-corrected chi connectivity index (χ3v) is 10.2. The first-order valence-electron chi connectivity index (χ1n) is 14.9. The average Bonchev–Trinajstić information content (AvgIpc) is 2.94. The number of carbonyl (C=O) groups excluding carboxylic acids is 1. The van der Waals surface area contributed by atoms with Gasteiger partial charge in [0.15, 0.2) is 0 Å². The number of hydrogen-bond acceptors (Lipinski definition) is 7. The molecule has 1 fully saturated rings. The van der Waals surface area contributed by atoms with Crippen LogP contribution >= 0.6 is 0 Å². The number of ether oxygens (including phenoxy) is 2. The Morgan fingerprint density at radius 2 is 1.50 bits per heavy atom. The molecule has 1 aromatic rings. The van der Waals surface area contributed by atoms with Gasteiger partial charge in [0, 0.05) is 38.5 Å². The van der Waals surface area contributed by atoms with Crippen LogP contribution in [0.4, 0.5) is 4.79 Å². The summed E-state index contributed by atoms with van der Waals surface area (Å²) >= 11 is 0. The quantitative estimate of drug-likeness (QED) is 0.105. The van der Waals surface area contributed by atoms with Crippen LogP contribution in [0.3, 0.4) is 0 Å². The molecule has 0 radical (unpaired) electrons. The van der Waals surface area contributed by atoms with Gasteiger partial charge < -0.3 is 33.2 Å². The molecule has 1 aromatic carbocycles. The number of carbonyl (C=O) groups is 2. The van der Waals surface area contributed by atoms with Gasteiger partial charge >= 0.3 is 20.9 Å². The number of carboxylic acid groups (broad SMARTS) is 1. The number of rotatable bonds is 20. The van der Waals surface area contributed by atoms with E-state index in [2.05, 4.69) is 5.32 Å². The van der Waals surface area contributed by atoms with Gasteiger partial charge in [0.05, 0.1) is 13.2 Å². The molecule has 0 unspecified atom stereocenters. The molecule has 1 aliphatic rings. The van der Waals surface area contributed by atoms with E-state index in [4.69, 9.17) is 27.9 Å². The second-order valence-corrected chi connectivity index (χ2v) is 12.8. The van der Waals surface area contributed by atoms with Gasteiger partial charge in [0.1, 0.15) is 5.75 Å². The number of benzene rings is 1. The largest absolute Gasteiger partial charge is 0.500 e. The van der Waals surface area contributed by atoms with E-state index >= 15 is 0 Å². The Kier molecular flexibility index (Phi) is 16.6. The van der Waals surface area contributed by atoms with Gasteiger partial charge in [-0.05, 0) is 82.1 Å². The van der Waals surface area contributed by atoms with Gasteiger partial charge in [-0.25, -0.2) is 9.59 Å². The minimum atomic E-state index is -2.67. The maximum absolute atomic E-state index is 12.1. The lowest BCUT2D eigenvalue weighted by Gasteiger charge is -2.28. The van der Waals surface area contributed by atoms with Crippen molar-refractivity contribution >= 4 is 26.9 Å². The predicted octanol–water partition coefficient (Wildman–Crippen LogP) is 6.30. The topological polar surface area (TPSA) is 113 Å². The SMILES string of the molecule is CCO[Si](CCCNC(=O)OCCCC1CCC(CCOc2ccc(/C=C/C(=O)O)cc2)CC1)(OCC)OCC. The van der Waals surface area contributed by atoms with E-state index in [1.807, 2.05) is 45.0 Å². The van der Waals surface area contributed by atoms with Crippen LogP contribution in [0.1, 0.15) is 77.7 Å². The number of alkyl carbamates (subject to hydrolysis) is 1. The average molecular weight is 580 g/mol. The molecule has 9 nitrogen and oxygen atoms in total. The lowest BCUT2D eigenvalue weighted by atomic mass is 9.79. The van der Waals surface area contributed by atoms with Crippen molar-refractivity contribution in [3.05, 3.63) is 35.9 Å². The summed E-state index contributed by atoms with van der Waals surface area (Å²) in [6.07, 6.45) is 10.9. The van der Waals surface area contributed by atoms with Crippen molar-refractivity contribution in [3.8, 4) is 5.75 Å². The zero-order valence-electron chi connectivity index (χ0n) is 24.5. The molecule has 1 aliphatic carbocycles. The summed E-state index contributed by atoms with van der Waals surface area (Å²) in [5.41, 5.74) is 0.834. The van der Waals surface area contributed by atoms with Crippen LogP contribution in [-0.2, 0) is 22.8 Å². The number of carboxylic acids is 1. The maximum Gasteiger partial charge on any atom is 0.500 e. The van der Waals surface area contributed by atoms with E-state index in [0.29, 0.717) is 63.9 Å². The highest BCUT2D eigenvalue weighted by Crippen LogP contribution is 2.33. The normalized spacial score (nSPS) is 17.6. The highest BCUT2D eigenvalue weighted by molar-refractivity contribution is 6.60. The molecule has 2 N–H and O–H groups in total.